The fraction of sp³-hybridized carbons (Fsp3) is 0.600. The van der Waals surface area contributed by atoms with Crippen LogP contribution >= 0.6 is 0 Å². The minimum Gasteiger partial charge on any atom is -0.492 e. The first-order valence-electron chi connectivity index (χ1n) is 6.83. The van der Waals surface area contributed by atoms with E-state index in [0.717, 1.165) is 44.8 Å². The molecule has 3 heteroatoms. The van der Waals surface area contributed by atoms with E-state index in [1.54, 1.807) is 0 Å². The summed E-state index contributed by atoms with van der Waals surface area (Å²) < 4.78 is 5.85. The van der Waals surface area contributed by atoms with E-state index in [0.29, 0.717) is 6.04 Å². The molecule has 0 amide bonds. The van der Waals surface area contributed by atoms with Crippen LogP contribution in [0, 0.1) is 13.8 Å². The third kappa shape index (κ3) is 3.72. The molecule has 0 spiro atoms. The number of ether oxygens (including phenoxy) is 1. The second-order valence-corrected chi connectivity index (χ2v) is 5.30. The van der Waals surface area contributed by atoms with Crippen LogP contribution in [0.2, 0.25) is 0 Å². The quantitative estimate of drug-likeness (QED) is 0.887. The van der Waals surface area contributed by atoms with E-state index in [4.69, 9.17) is 10.5 Å². The molecule has 1 aromatic rings. The molecule has 0 saturated carbocycles. The monoisotopic (exact) mass is 248 g/mol. The van der Waals surface area contributed by atoms with E-state index in [9.17, 15) is 0 Å². The summed E-state index contributed by atoms with van der Waals surface area (Å²) in [5.41, 5.74) is 8.39. The second kappa shape index (κ2) is 6.21. The summed E-state index contributed by atoms with van der Waals surface area (Å²) in [6, 6.07) is 6.73. The molecule has 2 rings (SSSR count). The standard InChI is InChI=1S/C15H24N2O/c1-12-3-4-15(13(2)11-12)18-10-9-17-7-5-14(16)6-8-17/h3-4,11,14H,5-10,16H2,1-2H3. The number of rotatable bonds is 4. The minimum atomic E-state index is 0.404. The summed E-state index contributed by atoms with van der Waals surface area (Å²) >= 11 is 0. The lowest BCUT2D eigenvalue weighted by Gasteiger charge is -2.29. The number of likely N-dealkylation sites (tertiary alicyclic amines) is 1. The van der Waals surface area contributed by atoms with E-state index in [1.807, 2.05) is 0 Å². The average molecular weight is 248 g/mol. The third-order valence-electron chi connectivity index (χ3n) is 3.63. The van der Waals surface area contributed by atoms with Gasteiger partial charge in [0.15, 0.2) is 0 Å². The number of hydrogen-bond donors (Lipinski definition) is 1. The average Bonchev–Trinajstić information content (AvgIpc) is 2.34. The number of nitrogens with zero attached hydrogens (tertiary/aromatic N) is 1. The maximum absolute atomic E-state index is 5.89. The van der Waals surface area contributed by atoms with Crippen molar-refractivity contribution in [3.05, 3.63) is 29.3 Å². The van der Waals surface area contributed by atoms with Crippen molar-refractivity contribution in [1.29, 1.82) is 0 Å². The predicted octanol–water partition coefficient (Wildman–Crippen LogP) is 2.11. The lowest BCUT2D eigenvalue weighted by molar-refractivity contribution is 0.174. The van der Waals surface area contributed by atoms with Crippen LogP contribution in [-0.2, 0) is 0 Å². The molecule has 0 atom stereocenters. The summed E-state index contributed by atoms with van der Waals surface area (Å²) in [6.45, 7) is 8.18. The Labute approximate surface area is 110 Å². The van der Waals surface area contributed by atoms with Crippen LogP contribution in [0.25, 0.3) is 0 Å². The molecule has 0 aliphatic carbocycles. The van der Waals surface area contributed by atoms with Gasteiger partial charge in [-0.15, -0.1) is 0 Å². The molecule has 1 saturated heterocycles. The zero-order valence-electron chi connectivity index (χ0n) is 11.5. The zero-order valence-corrected chi connectivity index (χ0v) is 11.5. The van der Waals surface area contributed by atoms with Crippen molar-refractivity contribution < 1.29 is 4.74 Å². The van der Waals surface area contributed by atoms with Crippen LogP contribution in [0.5, 0.6) is 5.75 Å². The molecule has 100 valence electrons. The molecule has 0 radical (unpaired) electrons. The molecule has 1 fully saturated rings. The lowest BCUT2D eigenvalue weighted by atomic mass is 10.1. The fourth-order valence-corrected chi connectivity index (χ4v) is 2.42. The smallest absolute Gasteiger partial charge is 0.122 e. The van der Waals surface area contributed by atoms with E-state index >= 15 is 0 Å². The predicted molar refractivity (Wildman–Crippen MR) is 75.1 cm³/mol. The summed E-state index contributed by atoms with van der Waals surface area (Å²) in [5, 5.41) is 0. The number of nitrogens with two attached hydrogens (primary N) is 1. The molecule has 1 aliphatic heterocycles. The van der Waals surface area contributed by atoms with Gasteiger partial charge in [-0.2, -0.15) is 0 Å². The zero-order chi connectivity index (χ0) is 13.0. The Bertz CT molecular complexity index is 384. The topological polar surface area (TPSA) is 38.5 Å². The molecule has 1 heterocycles. The Hall–Kier alpha value is -1.06. The largest absolute Gasteiger partial charge is 0.492 e. The molecular weight excluding hydrogens is 224 g/mol. The lowest BCUT2D eigenvalue weighted by Crippen LogP contribution is -2.41. The highest BCUT2D eigenvalue weighted by molar-refractivity contribution is 5.35. The van der Waals surface area contributed by atoms with Crippen molar-refractivity contribution in [3.8, 4) is 5.75 Å². The van der Waals surface area contributed by atoms with E-state index < -0.39 is 0 Å². The van der Waals surface area contributed by atoms with Crippen molar-refractivity contribution in [2.24, 2.45) is 5.73 Å². The summed E-state index contributed by atoms with van der Waals surface area (Å²) in [6.07, 6.45) is 2.23. The first-order valence-corrected chi connectivity index (χ1v) is 6.83. The van der Waals surface area contributed by atoms with Crippen molar-refractivity contribution in [2.45, 2.75) is 32.7 Å². The van der Waals surface area contributed by atoms with Gasteiger partial charge in [-0.1, -0.05) is 17.7 Å². The molecular formula is C15H24N2O. The van der Waals surface area contributed by atoms with Crippen LogP contribution in [0.1, 0.15) is 24.0 Å². The van der Waals surface area contributed by atoms with Crippen molar-refractivity contribution >= 4 is 0 Å². The molecule has 18 heavy (non-hydrogen) atoms. The molecule has 1 aliphatic rings. The maximum Gasteiger partial charge on any atom is 0.122 e. The van der Waals surface area contributed by atoms with Crippen LogP contribution in [0.4, 0.5) is 0 Å². The van der Waals surface area contributed by atoms with Gasteiger partial charge >= 0.3 is 0 Å². The van der Waals surface area contributed by atoms with Crippen LogP contribution in [0.15, 0.2) is 18.2 Å². The van der Waals surface area contributed by atoms with Gasteiger partial charge in [-0.3, -0.25) is 4.90 Å². The van der Waals surface area contributed by atoms with Crippen LogP contribution in [0.3, 0.4) is 0 Å². The third-order valence-corrected chi connectivity index (χ3v) is 3.63. The molecule has 3 nitrogen and oxygen atoms in total. The first kappa shape index (κ1) is 13.4. The highest BCUT2D eigenvalue weighted by Gasteiger charge is 2.15. The maximum atomic E-state index is 5.89. The van der Waals surface area contributed by atoms with Gasteiger partial charge in [0, 0.05) is 12.6 Å². The van der Waals surface area contributed by atoms with E-state index in [-0.39, 0.29) is 0 Å². The van der Waals surface area contributed by atoms with Crippen molar-refractivity contribution in [1.82, 2.24) is 4.90 Å². The number of benzene rings is 1. The summed E-state index contributed by atoms with van der Waals surface area (Å²) in [4.78, 5) is 2.44. The summed E-state index contributed by atoms with van der Waals surface area (Å²) in [7, 11) is 0. The Morgan fingerprint density at radius 3 is 2.67 bits per heavy atom. The van der Waals surface area contributed by atoms with Gasteiger partial charge in [0.2, 0.25) is 0 Å². The van der Waals surface area contributed by atoms with E-state index in [1.165, 1.54) is 11.1 Å². The van der Waals surface area contributed by atoms with Gasteiger partial charge in [0.25, 0.3) is 0 Å². The van der Waals surface area contributed by atoms with E-state index in [2.05, 4.69) is 36.9 Å². The van der Waals surface area contributed by atoms with Gasteiger partial charge < -0.3 is 10.5 Å². The van der Waals surface area contributed by atoms with Gasteiger partial charge in [0.1, 0.15) is 12.4 Å². The SMILES string of the molecule is Cc1ccc(OCCN2CCC(N)CC2)c(C)c1. The Balaban J connectivity index is 1.75. The summed E-state index contributed by atoms with van der Waals surface area (Å²) in [5.74, 6) is 1.01. The van der Waals surface area contributed by atoms with Gasteiger partial charge in [-0.25, -0.2) is 0 Å². The van der Waals surface area contributed by atoms with Crippen molar-refractivity contribution in [3.63, 3.8) is 0 Å². The Kier molecular flexibility index (Phi) is 4.61. The minimum absolute atomic E-state index is 0.404. The van der Waals surface area contributed by atoms with Gasteiger partial charge in [-0.05, 0) is 51.4 Å². The molecule has 0 aromatic heterocycles. The van der Waals surface area contributed by atoms with Crippen LogP contribution < -0.4 is 10.5 Å². The normalized spacial score (nSPS) is 17.9. The molecule has 1 aromatic carbocycles. The highest BCUT2D eigenvalue weighted by atomic mass is 16.5. The Morgan fingerprint density at radius 1 is 1.28 bits per heavy atom. The fourth-order valence-electron chi connectivity index (χ4n) is 2.42. The number of piperidine rings is 1. The molecule has 0 bridgehead atoms. The van der Waals surface area contributed by atoms with Gasteiger partial charge in [0.05, 0.1) is 0 Å². The van der Waals surface area contributed by atoms with Crippen molar-refractivity contribution in [2.75, 3.05) is 26.2 Å². The Morgan fingerprint density at radius 2 is 2.00 bits per heavy atom. The first-order chi connectivity index (χ1) is 8.65. The second-order valence-electron chi connectivity index (χ2n) is 5.30. The molecule has 0 unspecified atom stereocenters. The highest BCUT2D eigenvalue weighted by Crippen LogP contribution is 2.18. The molecule has 2 N–H and O–H groups in total. The number of aryl methyl sites for hydroxylation is 2. The van der Waals surface area contributed by atoms with Crippen LogP contribution in [-0.4, -0.2) is 37.2 Å². The number of hydrogen-bond acceptors (Lipinski definition) is 3.